The zero-order valence-electron chi connectivity index (χ0n) is 11.1. The van der Waals surface area contributed by atoms with Crippen LogP contribution in [0.3, 0.4) is 0 Å². The minimum absolute atomic E-state index is 0.0107. The Balaban J connectivity index is 2.98. The summed E-state index contributed by atoms with van der Waals surface area (Å²) >= 11 is 6.09. The van der Waals surface area contributed by atoms with Gasteiger partial charge < -0.3 is 16.3 Å². The number of carbonyl (C=O) groups excluding carboxylic acids is 1. The number of rotatable bonds is 4. The van der Waals surface area contributed by atoms with Gasteiger partial charge in [-0.25, -0.2) is 0 Å². The smallest absolute Gasteiger partial charge is 0.253 e. The van der Waals surface area contributed by atoms with Gasteiger partial charge in [0.2, 0.25) is 0 Å². The average Bonchev–Trinajstić information content (AvgIpc) is 2.37. The van der Waals surface area contributed by atoms with Crippen LogP contribution in [0, 0.1) is 12.8 Å². The highest BCUT2D eigenvalue weighted by Crippen LogP contribution is 2.20. The second-order valence-corrected chi connectivity index (χ2v) is 5.03. The first kappa shape index (κ1) is 15.3. The molecule has 0 bridgehead atoms. The first-order chi connectivity index (χ1) is 8.88. The van der Waals surface area contributed by atoms with Crippen molar-refractivity contribution in [2.75, 3.05) is 0 Å². The summed E-state index contributed by atoms with van der Waals surface area (Å²) in [5.74, 6) is -0.394. The molecule has 104 valence electrons. The van der Waals surface area contributed by atoms with Gasteiger partial charge in [0.25, 0.3) is 5.91 Å². The van der Waals surface area contributed by atoms with Crippen molar-refractivity contribution in [3.05, 3.63) is 34.3 Å². The zero-order chi connectivity index (χ0) is 14.6. The molecular formula is C13H18ClN3O2. The van der Waals surface area contributed by atoms with Crippen LogP contribution >= 0.6 is 11.6 Å². The van der Waals surface area contributed by atoms with Gasteiger partial charge in [0, 0.05) is 0 Å². The van der Waals surface area contributed by atoms with Crippen molar-refractivity contribution in [2.24, 2.45) is 16.8 Å². The maximum absolute atomic E-state index is 12.2. The first-order valence-electron chi connectivity index (χ1n) is 5.91. The Labute approximate surface area is 117 Å². The molecule has 19 heavy (non-hydrogen) atoms. The van der Waals surface area contributed by atoms with Gasteiger partial charge in [-0.1, -0.05) is 42.7 Å². The molecule has 0 spiro atoms. The fourth-order valence-corrected chi connectivity index (χ4v) is 1.90. The van der Waals surface area contributed by atoms with Gasteiger partial charge in [-0.05, 0) is 24.5 Å². The van der Waals surface area contributed by atoms with Crippen molar-refractivity contribution >= 4 is 23.3 Å². The second-order valence-electron chi connectivity index (χ2n) is 4.66. The average molecular weight is 284 g/mol. The van der Waals surface area contributed by atoms with Crippen molar-refractivity contribution < 1.29 is 10.0 Å². The Bertz CT molecular complexity index is 501. The fourth-order valence-electron chi connectivity index (χ4n) is 1.69. The van der Waals surface area contributed by atoms with Crippen molar-refractivity contribution in [1.82, 2.24) is 5.32 Å². The van der Waals surface area contributed by atoms with Gasteiger partial charge in [0.1, 0.15) is 0 Å². The summed E-state index contributed by atoms with van der Waals surface area (Å²) in [7, 11) is 0. The van der Waals surface area contributed by atoms with Crippen LogP contribution in [0.2, 0.25) is 5.02 Å². The van der Waals surface area contributed by atoms with Gasteiger partial charge >= 0.3 is 0 Å². The monoisotopic (exact) mass is 283 g/mol. The molecule has 5 nitrogen and oxygen atoms in total. The minimum Gasteiger partial charge on any atom is -0.409 e. The van der Waals surface area contributed by atoms with Crippen LogP contribution in [-0.4, -0.2) is 23.0 Å². The lowest BCUT2D eigenvalue weighted by atomic mass is 10.0. The van der Waals surface area contributed by atoms with E-state index >= 15 is 0 Å². The Kier molecular flexibility index (Phi) is 5.18. The molecule has 1 aromatic carbocycles. The molecule has 0 aliphatic rings. The third kappa shape index (κ3) is 3.61. The summed E-state index contributed by atoms with van der Waals surface area (Å²) in [5, 5.41) is 14.8. The lowest BCUT2D eigenvalue weighted by molar-refractivity contribution is 0.0939. The van der Waals surface area contributed by atoms with E-state index in [0.717, 1.165) is 5.56 Å². The molecular weight excluding hydrogens is 266 g/mol. The summed E-state index contributed by atoms with van der Waals surface area (Å²) in [4.78, 5) is 12.2. The number of nitrogens with zero attached hydrogens (tertiary/aromatic N) is 1. The maximum atomic E-state index is 12.2. The van der Waals surface area contributed by atoms with Crippen LogP contribution in [0.15, 0.2) is 23.4 Å². The number of amides is 1. The number of aryl methyl sites for hydroxylation is 1. The molecule has 1 atom stereocenters. The zero-order valence-corrected chi connectivity index (χ0v) is 11.9. The first-order valence-corrected chi connectivity index (χ1v) is 6.29. The normalized spacial score (nSPS) is 13.4. The SMILES string of the molecule is Cc1cccc(C(=O)NC(/C(N)=N/O)C(C)C)c1Cl. The van der Waals surface area contributed by atoms with Gasteiger partial charge in [-0.15, -0.1) is 0 Å². The number of halogens is 1. The van der Waals surface area contributed by atoms with E-state index < -0.39 is 6.04 Å². The summed E-state index contributed by atoms with van der Waals surface area (Å²) in [5.41, 5.74) is 6.76. The van der Waals surface area contributed by atoms with E-state index in [9.17, 15) is 4.79 Å². The van der Waals surface area contributed by atoms with E-state index in [1.165, 1.54) is 0 Å². The molecule has 0 aromatic heterocycles. The van der Waals surface area contributed by atoms with Crippen LogP contribution < -0.4 is 11.1 Å². The van der Waals surface area contributed by atoms with Gasteiger partial charge in [-0.2, -0.15) is 0 Å². The predicted octanol–water partition coefficient (Wildman–Crippen LogP) is 2.15. The molecule has 0 radical (unpaired) electrons. The summed E-state index contributed by atoms with van der Waals surface area (Å²) in [6, 6.07) is 4.66. The van der Waals surface area contributed by atoms with Crippen LogP contribution in [0.5, 0.6) is 0 Å². The quantitative estimate of drug-likeness (QED) is 0.342. The molecule has 1 amide bonds. The van der Waals surface area contributed by atoms with E-state index in [4.69, 9.17) is 22.5 Å². The van der Waals surface area contributed by atoms with Crippen molar-refractivity contribution in [2.45, 2.75) is 26.8 Å². The second kappa shape index (κ2) is 6.43. The molecule has 0 heterocycles. The Hall–Kier alpha value is -1.75. The maximum Gasteiger partial charge on any atom is 0.253 e. The molecule has 1 aromatic rings. The Morgan fingerprint density at radius 1 is 1.47 bits per heavy atom. The lowest BCUT2D eigenvalue weighted by Gasteiger charge is -2.21. The van der Waals surface area contributed by atoms with Gasteiger partial charge in [0.05, 0.1) is 16.6 Å². The highest BCUT2D eigenvalue weighted by molar-refractivity contribution is 6.34. The molecule has 0 saturated carbocycles. The van der Waals surface area contributed by atoms with E-state index in [0.29, 0.717) is 10.6 Å². The predicted molar refractivity (Wildman–Crippen MR) is 75.7 cm³/mol. The molecule has 1 rings (SSSR count). The van der Waals surface area contributed by atoms with Crippen molar-refractivity contribution in [3.63, 3.8) is 0 Å². The molecule has 4 N–H and O–H groups in total. The minimum atomic E-state index is -0.547. The van der Waals surface area contributed by atoms with E-state index in [1.807, 2.05) is 26.8 Å². The molecule has 1 unspecified atom stereocenters. The van der Waals surface area contributed by atoms with Crippen LogP contribution in [0.4, 0.5) is 0 Å². The van der Waals surface area contributed by atoms with Crippen molar-refractivity contribution in [1.29, 1.82) is 0 Å². The van der Waals surface area contributed by atoms with Crippen LogP contribution in [0.1, 0.15) is 29.8 Å². The van der Waals surface area contributed by atoms with Crippen LogP contribution in [-0.2, 0) is 0 Å². The number of benzene rings is 1. The molecule has 0 saturated heterocycles. The van der Waals surface area contributed by atoms with E-state index in [2.05, 4.69) is 10.5 Å². The van der Waals surface area contributed by atoms with Gasteiger partial charge in [0.15, 0.2) is 5.84 Å². The number of hydrogen-bond acceptors (Lipinski definition) is 3. The highest BCUT2D eigenvalue weighted by Gasteiger charge is 2.22. The number of nitrogens with two attached hydrogens (primary N) is 1. The molecule has 0 fully saturated rings. The Morgan fingerprint density at radius 2 is 2.11 bits per heavy atom. The summed E-state index contributed by atoms with van der Waals surface area (Å²) in [6.07, 6.45) is 0. The molecule has 6 heteroatoms. The lowest BCUT2D eigenvalue weighted by Crippen LogP contribution is -2.47. The Morgan fingerprint density at radius 3 is 2.63 bits per heavy atom. The standard InChI is InChI=1S/C13H18ClN3O2/c1-7(2)11(12(15)17-19)16-13(18)9-6-4-5-8(3)10(9)14/h4-7,11,19H,1-3H3,(H2,15,17)(H,16,18). The molecule has 0 aliphatic heterocycles. The summed E-state index contributed by atoms with van der Waals surface area (Å²) in [6.45, 7) is 5.55. The number of nitrogens with one attached hydrogen (secondary N) is 1. The molecule has 0 aliphatic carbocycles. The fraction of sp³-hybridized carbons (Fsp3) is 0.385. The third-order valence-electron chi connectivity index (χ3n) is 2.82. The number of oxime groups is 1. The van der Waals surface area contributed by atoms with E-state index in [-0.39, 0.29) is 17.7 Å². The van der Waals surface area contributed by atoms with Gasteiger partial charge in [-0.3, -0.25) is 4.79 Å². The number of amidine groups is 1. The van der Waals surface area contributed by atoms with Crippen LogP contribution in [0.25, 0.3) is 0 Å². The van der Waals surface area contributed by atoms with E-state index in [1.54, 1.807) is 12.1 Å². The number of hydrogen-bond donors (Lipinski definition) is 3. The summed E-state index contributed by atoms with van der Waals surface area (Å²) < 4.78 is 0. The highest BCUT2D eigenvalue weighted by atomic mass is 35.5. The largest absolute Gasteiger partial charge is 0.409 e. The third-order valence-corrected chi connectivity index (χ3v) is 3.33. The van der Waals surface area contributed by atoms with Crippen molar-refractivity contribution in [3.8, 4) is 0 Å². The number of carbonyl (C=O) groups is 1. The topological polar surface area (TPSA) is 87.7 Å².